The van der Waals surface area contributed by atoms with Crippen LogP contribution in [0, 0.1) is 6.07 Å². The van der Waals surface area contributed by atoms with E-state index in [-0.39, 0.29) is 14.5 Å². The second-order valence-corrected chi connectivity index (χ2v) is 8.64. The molecule has 0 amide bonds. The molecule has 0 aromatic heterocycles. The summed E-state index contributed by atoms with van der Waals surface area (Å²) in [5.74, 6) is -6.51. The Morgan fingerprint density at radius 1 is 1.12 bits per heavy atom. The van der Waals surface area contributed by atoms with Crippen LogP contribution in [0.1, 0.15) is 5.56 Å². The van der Waals surface area contributed by atoms with Crippen molar-refractivity contribution < 1.29 is 35.3 Å². The van der Waals surface area contributed by atoms with Gasteiger partial charge < -0.3 is 4.55 Å². The molecule has 1 rings (SSSR count). The molecular formula is C11H4Br2Cl2F7OS. The van der Waals surface area contributed by atoms with Crippen molar-refractivity contribution in [3.05, 3.63) is 26.6 Å². The van der Waals surface area contributed by atoms with Crippen LogP contribution in [0.3, 0.4) is 0 Å². The summed E-state index contributed by atoms with van der Waals surface area (Å²) in [5, 5.41) is -5.92. The Hall–Kier alpha value is 0.580. The molecule has 0 saturated carbocycles. The maximum Gasteiger partial charge on any atom is 0.486 e. The van der Waals surface area contributed by atoms with E-state index in [1.807, 2.05) is 0 Å². The van der Waals surface area contributed by atoms with E-state index >= 15 is 0 Å². The monoisotopic (exact) mass is 545 g/mol. The lowest BCUT2D eigenvalue weighted by Gasteiger charge is -2.29. The predicted molar refractivity (Wildman–Crippen MR) is 82.2 cm³/mol. The molecule has 1 unspecified atom stereocenters. The molecule has 0 spiro atoms. The van der Waals surface area contributed by atoms with Gasteiger partial charge in [-0.15, -0.1) is 32.0 Å². The molecule has 0 N–H and O–H groups in total. The van der Waals surface area contributed by atoms with Crippen molar-refractivity contribution in [1.29, 1.82) is 0 Å². The lowest BCUT2D eigenvalue weighted by atomic mass is 10.2. The van der Waals surface area contributed by atoms with Crippen LogP contribution >= 0.6 is 55.1 Å². The maximum atomic E-state index is 13.7. The third kappa shape index (κ3) is 4.46. The molecule has 0 heterocycles. The van der Waals surface area contributed by atoms with Gasteiger partial charge in [0.25, 0.3) is 0 Å². The van der Waals surface area contributed by atoms with Gasteiger partial charge in [0.05, 0.1) is 11.2 Å². The molecule has 0 fully saturated rings. The number of hydrogen-bond acceptors (Lipinski definition) is 1. The summed E-state index contributed by atoms with van der Waals surface area (Å²) in [6.07, 6.45) is -7.04. The fourth-order valence-corrected chi connectivity index (χ4v) is 4.59. The summed E-state index contributed by atoms with van der Waals surface area (Å²) >= 11 is 12.6. The van der Waals surface area contributed by atoms with E-state index in [4.69, 9.17) is 23.2 Å². The molecule has 0 bridgehead atoms. The van der Waals surface area contributed by atoms with Crippen molar-refractivity contribution in [3.63, 3.8) is 0 Å². The third-order valence-corrected chi connectivity index (χ3v) is 5.46. The Morgan fingerprint density at radius 3 is 2.04 bits per heavy atom. The lowest BCUT2D eigenvalue weighted by molar-refractivity contribution is -0.332. The number of benzene rings is 1. The van der Waals surface area contributed by atoms with Crippen molar-refractivity contribution >= 4 is 66.2 Å². The van der Waals surface area contributed by atoms with Gasteiger partial charge in [0, 0.05) is 33.1 Å². The van der Waals surface area contributed by atoms with Gasteiger partial charge in [0.1, 0.15) is 4.84 Å². The highest BCUT2D eigenvalue weighted by Crippen LogP contribution is 2.51. The third-order valence-electron chi connectivity index (χ3n) is 2.56. The quantitative estimate of drug-likeness (QED) is 0.243. The summed E-state index contributed by atoms with van der Waals surface area (Å²) in [6.45, 7) is 0. The Bertz CT molecular complexity index is 613. The minimum absolute atomic E-state index is 0.103. The Balaban J connectivity index is 3.49. The van der Waals surface area contributed by atoms with Crippen LogP contribution in [0.15, 0.2) is 19.9 Å². The molecule has 137 valence electrons. The Morgan fingerprint density at radius 2 is 1.62 bits per heavy atom. The molecular weight excluding hydrogens is 544 g/mol. The zero-order valence-corrected chi connectivity index (χ0v) is 16.3. The highest BCUT2D eigenvalue weighted by Gasteiger charge is 2.80. The van der Waals surface area contributed by atoms with Gasteiger partial charge in [-0.2, -0.15) is 22.0 Å². The molecule has 1 nitrogen and oxygen atoms in total. The molecule has 1 atom stereocenters. The standard InChI is InChI=1S/C11H4Br2Cl2F7OS/c12-4-1-6(13)5(3-8(14)15)7(2-4)24(23)11(21,22)9(16,17)10(18,19)20/h2,8H,3H2. The van der Waals surface area contributed by atoms with E-state index in [1.165, 1.54) is 0 Å². The van der Waals surface area contributed by atoms with Crippen LogP contribution < -0.4 is 0 Å². The second kappa shape index (κ2) is 7.67. The van der Waals surface area contributed by atoms with Crippen LogP contribution in [-0.2, 0) is 17.6 Å². The summed E-state index contributed by atoms with van der Waals surface area (Å²) in [4.78, 5) is -2.20. The SMILES string of the molecule is [O-][S+](c1cc(Br)[c]c(Br)c1CC(Cl)Cl)C(F)(F)C(F)(F)C(F)(F)F. The van der Waals surface area contributed by atoms with E-state index in [2.05, 4.69) is 37.9 Å². The number of halogens is 11. The van der Waals surface area contributed by atoms with E-state index in [1.54, 1.807) is 0 Å². The van der Waals surface area contributed by atoms with Crippen LogP contribution in [0.4, 0.5) is 30.7 Å². The first-order valence-electron chi connectivity index (χ1n) is 5.55. The first kappa shape index (κ1) is 22.6. The first-order valence-corrected chi connectivity index (χ1v) is 9.16. The van der Waals surface area contributed by atoms with Gasteiger partial charge in [0.2, 0.25) is 0 Å². The number of rotatable bonds is 5. The summed E-state index contributed by atoms with van der Waals surface area (Å²) < 4.78 is 102. The molecule has 0 aliphatic carbocycles. The zero-order chi connectivity index (χ0) is 19.1. The minimum atomic E-state index is -6.59. The maximum absolute atomic E-state index is 13.7. The zero-order valence-electron chi connectivity index (χ0n) is 10.8. The van der Waals surface area contributed by atoms with Crippen LogP contribution in [0.2, 0.25) is 0 Å². The van der Waals surface area contributed by atoms with E-state index < -0.39 is 44.7 Å². The lowest BCUT2D eigenvalue weighted by Crippen LogP contribution is -2.56. The normalized spacial score (nSPS) is 15.0. The van der Waals surface area contributed by atoms with Crippen LogP contribution in [0.25, 0.3) is 0 Å². The van der Waals surface area contributed by atoms with Gasteiger partial charge in [-0.3, -0.25) is 0 Å². The Labute approximate surface area is 161 Å². The minimum Gasteiger partial charge on any atom is -0.607 e. The van der Waals surface area contributed by atoms with Crippen LogP contribution in [0.5, 0.6) is 0 Å². The smallest absolute Gasteiger partial charge is 0.486 e. The molecule has 0 saturated heterocycles. The van der Waals surface area contributed by atoms with Gasteiger partial charge >= 0.3 is 17.4 Å². The Kier molecular flexibility index (Phi) is 7.23. The average Bonchev–Trinajstić information content (AvgIpc) is 2.38. The van der Waals surface area contributed by atoms with E-state index in [0.29, 0.717) is 6.07 Å². The second-order valence-electron chi connectivity index (χ2n) is 4.23. The van der Waals surface area contributed by atoms with E-state index in [9.17, 15) is 35.3 Å². The van der Waals surface area contributed by atoms with E-state index in [0.717, 1.165) is 0 Å². The van der Waals surface area contributed by atoms with Crippen molar-refractivity contribution in [2.75, 3.05) is 0 Å². The molecule has 13 heteroatoms. The summed E-state index contributed by atoms with van der Waals surface area (Å²) in [7, 11) is 0. The van der Waals surface area contributed by atoms with Gasteiger partial charge in [-0.25, -0.2) is 0 Å². The highest BCUT2D eigenvalue weighted by atomic mass is 79.9. The molecule has 1 radical (unpaired) electrons. The van der Waals surface area contributed by atoms with Gasteiger partial charge in [0.15, 0.2) is 4.90 Å². The first-order chi connectivity index (χ1) is 10.6. The largest absolute Gasteiger partial charge is 0.607 e. The van der Waals surface area contributed by atoms with Crippen molar-refractivity contribution in [2.45, 2.75) is 33.5 Å². The van der Waals surface area contributed by atoms with Gasteiger partial charge in [-0.05, 0) is 31.9 Å². The fraction of sp³-hybridized carbons (Fsp3) is 0.455. The average molecular weight is 548 g/mol. The molecule has 0 aliphatic heterocycles. The molecule has 1 aromatic carbocycles. The predicted octanol–water partition coefficient (Wildman–Crippen LogP) is 6.26. The van der Waals surface area contributed by atoms with Gasteiger partial charge in [-0.1, -0.05) is 0 Å². The molecule has 24 heavy (non-hydrogen) atoms. The molecule has 1 aromatic rings. The molecule has 0 aliphatic rings. The topological polar surface area (TPSA) is 23.1 Å². The summed E-state index contributed by atoms with van der Waals surface area (Å²) in [5.41, 5.74) is -0.329. The fourth-order valence-electron chi connectivity index (χ4n) is 1.46. The van der Waals surface area contributed by atoms with Crippen LogP contribution in [-0.4, -0.2) is 26.7 Å². The summed E-state index contributed by atoms with van der Waals surface area (Å²) in [6, 6.07) is 3.17. The number of hydrogen-bond donors (Lipinski definition) is 0. The van der Waals surface area contributed by atoms with Crippen molar-refractivity contribution in [3.8, 4) is 0 Å². The van der Waals surface area contributed by atoms with Crippen molar-refractivity contribution in [1.82, 2.24) is 0 Å². The highest BCUT2D eigenvalue weighted by molar-refractivity contribution is 9.11. The van der Waals surface area contributed by atoms with Crippen molar-refractivity contribution in [2.24, 2.45) is 0 Å². The number of alkyl halides is 9.